The van der Waals surface area contributed by atoms with Gasteiger partial charge in [0.05, 0.1) is 32.3 Å². The summed E-state index contributed by atoms with van der Waals surface area (Å²) in [5, 5.41) is 0. The molecule has 0 amide bonds. The van der Waals surface area contributed by atoms with Gasteiger partial charge in [0.15, 0.2) is 11.5 Å². The highest BCUT2D eigenvalue weighted by Crippen LogP contribution is 2.78. The first-order chi connectivity index (χ1) is 16.9. The van der Waals surface area contributed by atoms with Crippen LogP contribution in [0.5, 0.6) is 0 Å². The average Bonchev–Trinajstić information content (AvgIpc) is 3.32. The summed E-state index contributed by atoms with van der Waals surface area (Å²) in [5.74, 6) is 2.03. The molecule has 0 radical (unpaired) electrons. The standard InChI is InChI=1S/C30H50O2Si5/c1-33(2,3)29(34(4,5)6)23-24-30(35(7,8)9,36(10,11)12)37(29)31-27(25-19-15-13-16-20-25)28(32-37)26-21-17-14-18-22-26/h13-22H,23-24H2,1-12H3. The highest BCUT2D eigenvalue weighted by atomic mass is 28.5. The van der Waals surface area contributed by atoms with Gasteiger partial charge in [-0.15, -0.1) is 0 Å². The van der Waals surface area contributed by atoms with Gasteiger partial charge in [-0.2, -0.15) is 0 Å². The van der Waals surface area contributed by atoms with E-state index >= 15 is 0 Å². The van der Waals surface area contributed by atoms with E-state index in [0.717, 1.165) is 22.6 Å². The van der Waals surface area contributed by atoms with Crippen LogP contribution < -0.4 is 0 Å². The van der Waals surface area contributed by atoms with Crippen LogP contribution >= 0.6 is 0 Å². The Morgan fingerprint density at radius 1 is 0.486 bits per heavy atom. The molecule has 0 aromatic heterocycles. The van der Waals surface area contributed by atoms with E-state index in [1.165, 1.54) is 12.8 Å². The lowest BCUT2D eigenvalue weighted by Gasteiger charge is -2.62. The fourth-order valence-corrected chi connectivity index (χ4v) is 55.1. The first kappa shape index (κ1) is 28.9. The van der Waals surface area contributed by atoms with E-state index in [1.807, 2.05) is 0 Å². The SMILES string of the molecule is C[Si](C)(C)C1([Si](C)(C)C)CCC([Si](C)(C)C)([Si](C)(C)C)[Si]12OC(c1ccccc1)=C(c1ccccc1)O2. The summed E-state index contributed by atoms with van der Waals surface area (Å²) in [5.41, 5.74) is 2.33. The maximum atomic E-state index is 7.94. The summed E-state index contributed by atoms with van der Waals surface area (Å²) >= 11 is 0. The molecule has 0 saturated carbocycles. The van der Waals surface area contributed by atoms with Gasteiger partial charge in [-0.1, -0.05) is 139 Å². The van der Waals surface area contributed by atoms with Crippen LogP contribution in [0.4, 0.5) is 0 Å². The minimum absolute atomic E-state index is 0.212. The predicted molar refractivity (Wildman–Crippen MR) is 176 cm³/mol. The zero-order chi connectivity index (χ0) is 27.7. The molecule has 0 aliphatic carbocycles. The third kappa shape index (κ3) is 3.93. The Morgan fingerprint density at radius 3 is 1.00 bits per heavy atom. The van der Waals surface area contributed by atoms with Crippen molar-refractivity contribution in [3.63, 3.8) is 0 Å². The van der Waals surface area contributed by atoms with E-state index in [2.05, 4.69) is 139 Å². The Hall–Kier alpha value is -1.14. The maximum Gasteiger partial charge on any atom is 0.462 e. The monoisotopic (exact) mass is 582 g/mol. The molecular weight excluding hydrogens is 533 g/mol. The molecule has 2 aromatic rings. The largest absolute Gasteiger partial charge is 0.508 e. The molecule has 2 aliphatic heterocycles. The van der Waals surface area contributed by atoms with Crippen molar-refractivity contribution in [2.45, 2.75) is 100.0 Å². The number of hydrogen-bond donors (Lipinski definition) is 0. The molecule has 0 N–H and O–H groups in total. The summed E-state index contributed by atoms with van der Waals surface area (Å²) in [6.07, 6.45) is 2.59. The Labute approximate surface area is 232 Å². The Balaban J connectivity index is 2.15. The van der Waals surface area contributed by atoms with Gasteiger partial charge in [0.25, 0.3) is 0 Å². The summed E-state index contributed by atoms with van der Waals surface area (Å²) in [6, 6.07) is 21.7. The van der Waals surface area contributed by atoms with Gasteiger partial charge in [0.2, 0.25) is 0 Å². The minimum Gasteiger partial charge on any atom is -0.508 e. The average molecular weight is 583 g/mol. The van der Waals surface area contributed by atoms with E-state index in [4.69, 9.17) is 8.85 Å². The van der Waals surface area contributed by atoms with Gasteiger partial charge >= 0.3 is 8.56 Å². The van der Waals surface area contributed by atoms with Crippen molar-refractivity contribution < 1.29 is 8.85 Å². The molecule has 0 bridgehead atoms. The van der Waals surface area contributed by atoms with Crippen LogP contribution in [0, 0.1) is 0 Å². The van der Waals surface area contributed by atoms with Crippen molar-refractivity contribution >= 4 is 52.4 Å². The molecule has 2 aromatic carbocycles. The van der Waals surface area contributed by atoms with E-state index in [1.54, 1.807) is 0 Å². The normalized spacial score (nSPS) is 21.2. The highest BCUT2D eigenvalue weighted by molar-refractivity contribution is 7.24. The van der Waals surface area contributed by atoms with Crippen molar-refractivity contribution in [1.29, 1.82) is 0 Å². The van der Waals surface area contributed by atoms with Crippen LogP contribution in [0.3, 0.4) is 0 Å². The number of hydrogen-bond acceptors (Lipinski definition) is 2. The molecule has 0 atom stereocenters. The zero-order valence-corrected chi connectivity index (χ0v) is 30.5. The molecule has 37 heavy (non-hydrogen) atoms. The molecule has 202 valence electrons. The Bertz CT molecular complexity index is 1040. The lowest BCUT2D eigenvalue weighted by atomic mass is 10.1. The summed E-state index contributed by atoms with van der Waals surface area (Å²) < 4.78 is 16.3. The summed E-state index contributed by atoms with van der Waals surface area (Å²) in [4.78, 5) is 0. The second-order valence-electron chi connectivity index (χ2n) is 15.5. The topological polar surface area (TPSA) is 18.5 Å². The van der Waals surface area contributed by atoms with Gasteiger partial charge in [0.1, 0.15) is 0 Å². The molecular formula is C30H50O2Si5. The molecule has 1 fully saturated rings. The molecule has 0 unspecified atom stereocenters. The number of benzene rings is 2. The minimum atomic E-state index is -2.89. The molecule has 2 aliphatic rings. The van der Waals surface area contributed by atoms with E-state index in [9.17, 15) is 0 Å². The fraction of sp³-hybridized carbons (Fsp3) is 0.533. The lowest BCUT2D eigenvalue weighted by molar-refractivity contribution is 0.363. The molecule has 2 nitrogen and oxygen atoms in total. The molecule has 1 spiro atoms. The van der Waals surface area contributed by atoms with Crippen molar-refractivity contribution in [2.75, 3.05) is 0 Å². The van der Waals surface area contributed by atoms with E-state index < -0.39 is 40.9 Å². The third-order valence-electron chi connectivity index (χ3n) is 9.89. The van der Waals surface area contributed by atoms with Crippen LogP contribution in [0.15, 0.2) is 60.7 Å². The predicted octanol–water partition coefficient (Wildman–Crippen LogP) is 9.79. The first-order valence-corrected chi connectivity index (χ1v) is 29.9. The van der Waals surface area contributed by atoms with E-state index in [0.29, 0.717) is 0 Å². The van der Waals surface area contributed by atoms with Crippen LogP contribution in [-0.4, -0.2) is 40.9 Å². The van der Waals surface area contributed by atoms with Crippen molar-refractivity contribution in [3.8, 4) is 0 Å². The van der Waals surface area contributed by atoms with E-state index in [-0.39, 0.29) is 8.57 Å². The smallest absolute Gasteiger partial charge is 0.462 e. The molecule has 1 saturated heterocycles. The second-order valence-corrected chi connectivity index (χ2v) is 43.3. The zero-order valence-electron chi connectivity index (χ0n) is 25.5. The van der Waals surface area contributed by atoms with Gasteiger partial charge in [0, 0.05) is 19.7 Å². The van der Waals surface area contributed by atoms with Gasteiger partial charge in [-0.25, -0.2) is 0 Å². The van der Waals surface area contributed by atoms with Crippen molar-refractivity contribution in [1.82, 2.24) is 0 Å². The van der Waals surface area contributed by atoms with Crippen molar-refractivity contribution in [2.24, 2.45) is 0 Å². The summed E-state index contributed by atoms with van der Waals surface area (Å²) in [7, 11) is -9.94. The summed E-state index contributed by atoms with van der Waals surface area (Å²) in [6.45, 7) is 31.7. The van der Waals surface area contributed by atoms with Crippen LogP contribution in [0.1, 0.15) is 24.0 Å². The number of rotatable bonds is 6. The molecule has 4 rings (SSSR count). The van der Waals surface area contributed by atoms with Crippen LogP contribution in [0.2, 0.25) is 87.1 Å². The third-order valence-corrected chi connectivity index (χ3v) is 46.8. The van der Waals surface area contributed by atoms with Crippen LogP contribution in [-0.2, 0) is 8.85 Å². The fourth-order valence-electron chi connectivity index (χ4n) is 9.10. The second kappa shape index (κ2) is 8.94. The molecule has 2 heterocycles. The Morgan fingerprint density at radius 2 is 0.757 bits per heavy atom. The van der Waals surface area contributed by atoms with Gasteiger partial charge in [-0.05, 0) is 12.8 Å². The first-order valence-electron chi connectivity index (χ1n) is 14.1. The van der Waals surface area contributed by atoms with Crippen LogP contribution in [0.25, 0.3) is 11.5 Å². The Kier molecular flexibility index (Phi) is 6.98. The maximum absolute atomic E-state index is 7.94. The lowest BCUT2D eigenvalue weighted by Crippen LogP contribution is -2.77. The van der Waals surface area contributed by atoms with Gasteiger partial charge in [-0.3, -0.25) is 0 Å². The van der Waals surface area contributed by atoms with Gasteiger partial charge < -0.3 is 8.85 Å². The van der Waals surface area contributed by atoms with Crippen molar-refractivity contribution in [3.05, 3.63) is 71.8 Å². The quantitative estimate of drug-likeness (QED) is 0.316. The highest BCUT2D eigenvalue weighted by Gasteiger charge is 2.88. The molecule has 7 heteroatoms.